The second-order valence-electron chi connectivity index (χ2n) is 20.7. The minimum absolute atomic E-state index is 0.107. The zero-order valence-electron chi connectivity index (χ0n) is 46.7. The van der Waals surface area contributed by atoms with Crippen LogP contribution in [0.15, 0.2) is 127 Å². The number of rotatable bonds is 24. The van der Waals surface area contributed by atoms with Gasteiger partial charge >= 0.3 is 0 Å². The minimum Gasteiger partial charge on any atom is -0.355 e. The van der Waals surface area contributed by atoms with Crippen molar-refractivity contribution in [3.05, 3.63) is 150 Å². The first-order chi connectivity index (χ1) is 39.2. The van der Waals surface area contributed by atoms with E-state index >= 15 is 0 Å². The molecule has 80 heavy (non-hydrogen) atoms. The van der Waals surface area contributed by atoms with Crippen LogP contribution in [0, 0.1) is 0 Å². The van der Waals surface area contributed by atoms with Crippen LogP contribution in [-0.4, -0.2) is 43.1 Å². The molecule has 0 aliphatic carbocycles. The van der Waals surface area contributed by atoms with E-state index in [1.165, 1.54) is 0 Å². The molecular weight excluding hydrogens is 993 g/mol. The average Bonchev–Trinajstić information content (AvgIpc) is 4.47. The topological polar surface area (TPSA) is 163 Å². The summed E-state index contributed by atoms with van der Waals surface area (Å²) in [7, 11) is 0. The van der Waals surface area contributed by atoms with E-state index in [0.717, 1.165) is 93.8 Å². The zero-order chi connectivity index (χ0) is 55.8. The highest BCUT2D eigenvalue weighted by atomic mass is 16.2. The number of hydrogen-bond donors (Lipinski definition) is 5. The molecule has 12 nitrogen and oxygen atoms in total. The highest BCUT2D eigenvalue weighted by Crippen LogP contribution is 2.52. The lowest BCUT2D eigenvalue weighted by Crippen LogP contribution is -2.14. The van der Waals surface area contributed by atoms with E-state index in [0.29, 0.717) is 116 Å². The number of fused-ring (bicyclic) bond motifs is 8. The summed E-state index contributed by atoms with van der Waals surface area (Å²) in [5.74, 6) is -0.445. The van der Waals surface area contributed by atoms with E-state index in [4.69, 9.17) is 9.97 Å². The number of nitrogens with one attached hydrogen (secondary N) is 5. The predicted molar refractivity (Wildman–Crippen MR) is 331 cm³/mol. The van der Waals surface area contributed by atoms with Gasteiger partial charge < -0.3 is 30.8 Å². The third-order valence-electron chi connectivity index (χ3n) is 14.5. The largest absolute Gasteiger partial charge is 0.355 e. The molecule has 5 N–H and O–H groups in total. The monoisotopic (exact) mass is 1070 g/mol. The van der Waals surface area contributed by atoms with E-state index in [-0.39, 0.29) is 23.6 Å². The average molecular weight is 1070 g/mol. The Bertz CT molecular complexity index is 3620. The van der Waals surface area contributed by atoms with E-state index in [9.17, 15) is 19.2 Å². The molecule has 0 radical (unpaired) electrons. The van der Waals surface area contributed by atoms with Crippen LogP contribution in [0.4, 0.5) is 22.7 Å². The van der Waals surface area contributed by atoms with Gasteiger partial charge in [0.15, 0.2) is 0 Å². The number of aromatic nitrogens is 4. The fourth-order valence-corrected chi connectivity index (χ4v) is 10.5. The quantitative estimate of drug-likeness (QED) is 0.0378. The second kappa shape index (κ2) is 27.3. The number of hydrogen-bond acceptors (Lipinski definition) is 6. The molecule has 0 saturated carbocycles. The number of carbonyl (C=O) groups excluding carboxylic acids is 4. The maximum absolute atomic E-state index is 14.2. The van der Waals surface area contributed by atoms with E-state index in [2.05, 4.69) is 64.6 Å². The van der Waals surface area contributed by atoms with Crippen molar-refractivity contribution < 1.29 is 19.2 Å². The maximum Gasteiger partial charge on any atom is 0.224 e. The third-order valence-corrected chi connectivity index (χ3v) is 14.5. The molecule has 410 valence electrons. The van der Waals surface area contributed by atoms with Crippen molar-refractivity contribution in [3.63, 3.8) is 0 Å². The van der Waals surface area contributed by atoms with Crippen molar-refractivity contribution in [2.45, 2.75) is 130 Å². The van der Waals surface area contributed by atoms with Gasteiger partial charge in [0.2, 0.25) is 23.6 Å². The fraction of sp³-hybridized carbons (Fsp3) is 0.294. The van der Waals surface area contributed by atoms with Gasteiger partial charge in [-0.2, -0.15) is 0 Å². The highest BCUT2D eigenvalue weighted by molar-refractivity contribution is 6.17. The van der Waals surface area contributed by atoms with E-state index in [1.54, 1.807) is 0 Å². The lowest BCUT2D eigenvalue weighted by atomic mass is 9.91. The molecule has 2 aliphatic heterocycles. The van der Waals surface area contributed by atoms with Crippen LogP contribution in [-0.2, 0) is 19.2 Å². The van der Waals surface area contributed by atoms with E-state index < -0.39 is 0 Å². The molecule has 0 fully saturated rings. The van der Waals surface area contributed by atoms with E-state index in [1.807, 2.05) is 146 Å². The van der Waals surface area contributed by atoms with Crippen LogP contribution >= 0.6 is 0 Å². The molecule has 0 spiro atoms. The smallest absolute Gasteiger partial charge is 0.224 e. The molecule has 0 unspecified atom stereocenters. The molecule has 0 saturated heterocycles. The van der Waals surface area contributed by atoms with Gasteiger partial charge in [0.1, 0.15) is 0 Å². The van der Waals surface area contributed by atoms with Crippen LogP contribution < -0.4 is 21.3 Å². The molecule has 0 atom stereocenters. The van der Waals surface area contributed by atoms with Crippen molar-refractivity contribution in [1.82, 2.24) is 19.5 Å². The summed E-state index contributed by atoms with van der Waals surface area (Å²) >= 11 is 0. The second-order valence-corrected chi connectivity index (χ2v) is 20.7. The Kier molecular flexibility index (Phi) is 19.1. The van der Waals surface area contributed by atoms with Crippen LogP contribution in [0.5, 0.6) is 0 Å². The molecule has 8 bridgehead atoms. The molecule has 4 aromatic carbocycles. The number of anilines is 4. The number of para-hydroxylation sites is 5. The molecule has 2 aliphatic rings. The van der Waals surface area contributed by atoms with Gasteiger partial charge in [-0.3, -0.25) is 19.2 Å². The van der Waals surface area contributed by atoms with Gasteiger partial charge in [0.25, 0.3) is 0 Å². The summed E-state index contributed by atoms with van der Waals surface area (Å²) in [5.41, 5.74) is 12.8. The van der Waals surface area contributed by atoms with Gasteiger partial charge in [-0.05, 0) is 111 Å². The summed E-state index contributed by atoms with van der Waals surface area (Å²) in [6.45, 7) is 8.49. The van der Waals surface area contributed by atoms with Crippen molar-refractivity contribution in [2.75, 3.05) is 21.3 Å². The molecular formula is C68H74N8O4. The first kappa shape index (κ1) is 56.1. The Balaban J connectivity index is 1.54. The number of H-pyrrole nitrogens is 1. The molecule has 5 heterocycles. The lowest BCUT2D eigenvalue weighted by molar-refractivity contribution is -0.117. The zero-order valence-corrected chi connectivity index (χ0v) is 46.7. The lowest BCUT2D eigenvalue weighted by Gasteiger charge is -2.19. The Hall–Kier alpha value is -8.64. The molecule has 3 aromatic heterocycles. The van der Waals surface area contributed by atoms with Gasteiger partial charge in [-0.25, -0.2) is 9.97 Å². The Morgan fingerprint density at radius 3 is 1.29 bits per heavy atom. The van der Waals surface area contributed by atoms with Gasteiger partial charge in [0.05, 0.1) is 45.2 Å². The number of nitrogens with zero attached hydrogens (tertiary/aromatic N) is 3. The number of amides is 4. The van der Waals surface area contributed by atoms with Gasteiger partial charge in [-0.15, -0.1) is 0 Å². The Morgan fingerprint density at radius 2 is 0.800 bits per heavy atom. The normalized spacial score (nSPS) is 11.7. The van der Waals surface area contributed by atoms with Gasteiger partial charge in [0, 0.05) is 87.2 Å². The van der Waals surface area contributed by atoms with Crippen LogP contribution in [0.3, 0.4) is 0 Å². The van der Waals surface area contributed by atoms with Crippen molar-refractivity contribution in [3.8, 4) is 39.1 Å². The van der Waals surface area contributed by atoms with Crippen LogP contribution in [0.1, 0.15) is 153 Å². The molecule has 4 amide bonds. The van der Waals surface area contributed by atoms with Crippen molar-refractivity contribution in [2.24, 2.45) is 0 Å². The van der Waals surface area contributed by atoms with Crippen molar-refractivity contribution >= 4 is 92.7 Å². The third kappa shape index (κ3) is 13.6. The molecule has 9 rings (SSSR count). The summed E-state index contributed by atoms with van der Waals surface area (Å²) in [4.78, 5) is 71.1. The number of carbonyl (C=O) groups is 4. The summed E-state index contributed by atoms with van der Waals surface area (Å²) in [5, 5.41) is 13.4. The fourth-order valence-electron chi connectivity index (χ4n) is 10.5. The summed E-state index contributed by atoms with van der Waals surface area (Å²) in [6, 6.07) is 41.5. The maximum atomic E-state index is 14.2. The Morgan fingerprint density at radius 1 is 0.412 bits per heavy atom. The molecule has 7 aromatic rings. The Labute approximate surface area is 470 Å². The first-order valence-electron chi connectivity index (χ1n) is 28.9. The predicted octanol–water partition coefficient (Wildman–Crippen LogP) is 17.2. The number of benzene rings is 4. The first-order valence-corrected chi connectivity index (χ1v) is 28.9. The summed E-state index contributed by atoms with van der Waals surface area (Å²) < 4.78 is 2.18. The summed E-state index contributed by atoms with van der Waals surface area (Å²) in [6.07, 6.45) is 19.9. The number of unbranched alkanes of at least 4 members (excludes halogenated alkanes) is 8. The van der Waals surface area contributed by atoms with Crippen LogP contribution in [0.25, 0.3) is 85.4 Å². The minimum atomic E-state index is -0.116. The SMILES string of the molecule is CCCCCC(=O)Nc1ccccc1-c1c(-c2ccccc2NC(=O)CCCCC)c2c(-c3ccccc3NC(=O)CCCCC)c3nc(cc4ccc(cc5nc(cc1n2-c1ccccc1NC(=O)CCCCC)C=C5)[nH]4)C=C3. The highest BCUT2D eigenvalue weighted by Gasteiger charge is 2.30. The number of aromatic amines is 1. The molecule has 12 heteroatoms. The standard InChI is InChI=1S/C68H74N8O4/c1-5-9-13-33-61(77)72-54-28-20-17-25-51(54)65-58-42-41-49(71-58)44-48-38-37-46(69-48)43-47-39-40-50(70-47)45-60-66(52-26-18-21-29-55(52)73-62(78)34-14-10-6-2)67(53-27-19-22-30-56(53)74-63(79)35-15-11-7-3)68(65)76(60)59-32-24-23-31-57(59)75-64(80)36-16-12-8-4/h17-32,37-45,69H,5-16,33-36H2,1-4H3,(H,72,77)(H,73,78)(H,74,79)(H,75,80). The van der Waals surface area contributed by atoms with Crippen LogP contribution in [0.2, 0.25) is 0 Å². The van der Waals surface area contributed by atoms with Gasteiger partial charge in [-0.1, -0.05) is 146 Å². The van der Waals surface area contributed by atoms with Crippen molar-refractivity contribution in [1.29, 1.82) is 0 Å².